The third-order valence-electron chi connectivity index (χ3n) is 2.53. The second kappa shape index (κ2) is 6.75. The molecule has 0 unspecified atom stereocenters. The van der Waals surface area contributed by atoms with Crippen LogP contribution in [-0.2, 0) is 0 Å². The van der Waals surface area contributed by atoms with Gasteiger partial charge in [0.05, 0.1) is 17.9 Å². The van der Waals surface area contributed by atoms with Crippen LogP contribution in [0.4, 0.5) is 5.69 Å². The number of anilines is 1. The van der Waals surface area contributed by atoms with E-state index in [-0.39, 0.29) is 16.6 Å². The molecule has 0 radical (unpaired) electrons. The minimum absolute atomic E-state index is 0.0118. The van der Waals surface area contributed by atoms with Crippen LogP contribution >= 0.6 is 11.6 Å². The second-order valence-electron chi connectivity index (χ2n) is 4.80. The van der Waals surface area contributed by atoms with Crippen LogP contribution in [0.25, 0.3) is 0 Å². The van der Waals surface area contributed by atoms with E-state index < -0.39 is 0 Å². The maximum absolute atomic E-state index is 11.9. The zero-order valence-electron chi connectivity index (χ0n) is 11.4. The maximum Gasteiger partial charge on any atom is 0.287 e. The van der Waals surface area contributed by atoms with E-state index in [0.717, 1.165) is 19.5 Å². The predicted octanol–water partition coefficient (Wildman–Crippen LogP) is 1.84. The van der Waals surface area contributed by atoms with Gasteiger partial charge in [-0.15, -0.1) is 0 Å². The van der Waals surface area contributed by atoms with Crippen molar-refractivity contribution in [3.63, 3.8) is 0 Å². The fraction of sp³-hybridized carbons (Fsp3) is 0.667. The molecule has 0 spiro atoms. The predicted molar refractivity (Wildman–Crippen MR) is 75.6 cm³/mol. The third-order valence-corrected chi connectivity index (χ3v) is 2.90. The molecule has 1 aromatic rings. The highest BCUT2D eigenvalue weighted by Crippen LogP contribution is 2.16. The number of aromatic nitrogens is 2. The van der Waals surface area contributed by atoms with Crippen molar-refractivity contribution in [2.45, 2.75) is 26.3 Å². The molecule has 6 heteroatoms. The fourth-order valence-corrected chi connectivity index (χ4v) is 1.76. The SMILES string of the molecule is CC(C)n1ncc(NCCCN(C)C)c(Cl)c1=O. The first-order chi connectivity index (χ1) is 8.43. The Morgan fingerprint density at radius 2 is 2.17 bits per heavy atom. The second-order valence-corrected chi connectivity index (χ2v) is 5.18. The highest BCUT2D eigenvalue weighted by Gasteiger charge is 2.10. The minimum Gasteiger partial charge on any atom is -0.382 e. The van der Waals surface area contributed by atoms with E-state index in [2.05, 4.69) is 15.3 Å². The number of nitrogens with one attached hydrogen (secondary N) is 1. The van der Waals surface area contributed by atoms with Gasteiger partial charge in [-0.3, -0.25) is 4.79 Å². The van der Waals surface area contributed by atoms with Crippen LogP contribution in [0.2, 0.25) is 5.02 Å². The summed E-state index contributed by atoms with van der Waals surface area (Å²) in [5, 5.41) is 7.45. The Balaban J connectivity index is 2.68. The summed E-state index contributed by atoms with van der Waals surface area (Å²) in [4.78, 5) is 14.0. The highest BCUT2D eigenvalue weighted by atomic mass is 35.5. The van der Waals surface area contributed by atoms with E-state index in [4.69, 9.17) is 11.6 Å². The molecule has 0 aliphatic carbocycles. The highest BCUT2D eigenvalue weighted by molar-refractivity contribution is 6.32. The number of rotatable bonds is 6. The molecule has 1 rings (SSSR count). The number of hydrogen-bond acceptors (Lipinski definition) is 4. The van der Waals surface area contributed by atoms with Crippen molar-refractivity contribution in [2.24, 2.45) is 0 Å². The summed E-state index contributed by atoms with van der Waals surface area (Å²) >= 11 is 6.04. The molecule has 0 fully saturated rings. The molecule has 0 aliphatic heterocycles. The average Bonchev–Trinajstić information content (AvgIpc) is 2.29. The Morgan fingerprint density at radius 3 is 2.72 bits per heavy atom. The van der Waals surface area contributed by atoms with E-state index >= 15 is 0 Å². The van der Waals surface area contributed by atoms with Crippen LogP contribution in [0.1, 0.15) is 26.3 Å². The van der Waals surface area contributed by atoms with Crippen molar-refractivity contribution in [3.05, 3.63) is 21.6 Å². The minimum atomic E-state index is -0.246. The lowest BCUT2D eigenvalue weighted by atomic mass is 10.3. The summed E-state index contributed by atoms with van der Waals surface area (Å²) < 4.78 is 1.38. The molecule has 0 amide bonds. The van der Waals surface area contributed by atoms with Gasteiger partial charge in [0.25, 0.3) is 5.56 Å². The summed E-state index contributed by atoms with van der Waals surface area (Å²) in [6.07, 6.45) is 2.59. The van der Waals surface area contributed by atoms with Gasteiger partial charge in [0.2, 0.25) is 0 Å². The number of nitrogens with zero attached hydrogens (tertiary/aromatic N) is 3. The lowest BCUT2D eigenvalue weighted by molar-refractivity contribution is 0.405. The molecule has 0 atom stereocenters. The third kappa shape index (κ3) is 3.99. The van der Waals surface area contributed by atoms with E-state index in [1.54, 1.807) is 6.20 Å². The summed E-state index contributed by atoms with van der Waals surface area (Å²) in [5.41, 5.74) is 0.363. The van der Waals surface area contributed by atoms with Crippen LogP contribution in [0.15, 0.2) is 11.0 Å². The number of hydrogen-bond donors (Lipinski definition) is 1. The summed E-state index contributed by atoms with van der Waals surface area (Å²) in [7, 11) is 4.05. The quantitative estimate of drug-likeness (QED) is 0.803. The standard InChI is InChI=1S/C12H21ClN4O/c1-9(2)17-12(18)11(13)10(8-15-17)14-6-5-7-16(3)4/h8-9,14H,5-7H2,1-4H3. The smallest absolute Gasteiger partial charge is 0.287 e. The molecule has 5 nitrogen and oxygen atoms in total. The van der Waals surface area contributed by atoms with Crippen molar-refractivity contribution in [3.8, 4) is 0 Å². The van der Waals surface area contributed by atoms with Crippen LogP contribution in [0, 0.1) is 0 Å². The Hall–Kier alpha value is -1.07. The summed E-state index contributed by atoms with van der Waals surface area (Å²) in [5.74, 6) is 0. The topological polar surface area (TPSA) is 50.2 Å². The van der Waals surface area contributed by atoms with Crippen molar-refractivity contribution in [1.29, 1.82) is 0 Å². The zero-order valence-corrected chi connectivity index (χ0v) is 12.2. The maximum atomic E-state index is 11.9. The zero-order chi connectivity index (χ0) is 13.7. The van der Waals surface area contributed by atoms with Gasteiger partial charge in [0, 0.05) is 6.54 Å². The summed E-state index contributed by atoms with van der Waals surface area (Å²) in [6, 6.07) is 0.0118. The average molecular weight is 273 g/mol. The van der Waals surface area contributed by atoms with E-state index in [9.17, 15) is 4.79 Å². The lowest BCUT2D eigenvalue weighted by Crippen LogP contribution is -2.26. The van der Waals surface area contributed by atoms with Gasteiger partial charge >= 0.3 is 0 Å². The van der Waals surface area contributed by atoms with Crippen LogP contribution < -0.4 is 10.9 Å². The largest absolute Gasteiger partial charge is 0.382 e. The molecule has 102 valence electrons. The first-order valence-corrected chi connectivity index (χ1v) is 6.47. The van der Waals surface area contributed by atoms with E-state index in [0.29, 0.717) is 5.69 Å². The lowest BCUT2D eigenvalue weighted by Gasteiger charge is -2.13. The molecule has 1 heterocycles. The fourth-order valence-electron chi connectivity index (χ4n) is 1.55. The molecule has 0 aromatic carbocycles. The molecule has 1 aromatic heterocycles. The van der Waals surface area contributed by atoms with Crippen molar-refractivity contribution in [2.75, 3.05) is 32.5 Å². The first kappa shape index (κ1) is 15.0. The monoisotopic (exact) mass is 272 g/mol. The molecule has 0 aliphatic rings. The van der Waals surface area contributed by atoms with E-state index in [1.807, 2.05) is 27.9 Å². The van der Waals surface area contributed by atoms with Gasteiger partial charge in [0.15, 0.2) is 0 Å². The molecule has 1 N–H and O–H groups in total. The normalized spacial score (nSPS) is 11.3. The van der Waals surface area contributed by atoms with Gasteiger partial charge in [-0.25, -0.2) is 4.68 Å². The van der Waals surface area contributed by atoms with Gasteiger partial charge in [-0.2, -0.15) is 5.10 Å². The molecule has 0 saturated heterocycles. The molecule has 0 saturated carbocycles. The van der Waals surface area contributed by atoms with Crippen molar-refractivity contribution < 1.29 is 0 Å². The summed E-state index contributed by atoms with van der Waals surface area (Å²) in [6.45, 7) is 5.55. The Labute approximate surface area is 113 Å². The molecular formula is C12H21ClN4O. The molecular weight excluding hydrogens is 252 g/mol. The van der Waals surface area contributed by atoms with Gasteiger partial charge < -0.3 is 10.2 Å². The van der Waals surface area contributed by atoms with Crippen molar-refractivity contribution in [1.82, 2.24) is 14.7 Å². The first-order valence-electron chi connectivity index (χ1n) is 6.09. The Bertz CT molecular complexity index is 442. The van der Waals surface area contributed by atoms with E-state index in [1.165, 1.54) is 4.68 Å². The van der Waals surface area contributed by atoms with Gasteiger partial charge in [-0.05, 0) is 40.9 Å². The Kier molecular flexibility index (Phi) is 5.62. The van der Waals surface area contributed by atoms with Crippen LogP contribution in [0.5, 0.6) is 0 Å². The van der Waals surface area contributed by atoms with Gasteiger partial charge in [-0.1, -0.05) is 11.6 Å². The molecule has 18 heavy (non-hydrogen) atoms. The number of halogens is 1. The Morgan fingerprint density at radius 1 is 1.50 bits per heavy atom. The molecule has 0 bridgehead atoms. The van der Waals surface area contributed by atoms with Crippen molar-refractivity contribution >= 4 is 17.3 Å². The van der Waals surface area contributed by atoms with Gasteiger partial charge in [0.1, 0.15) is 5.02 Å². The van der Waals surface area contributed by atoms with Crippen LogP contribution in [0.3, 0.4) is 0 Å². The van der Waals surface area contributed by atoms with Crippen LogP contribution in [-0.4, -0.2) is 41.9 Å².